The van der Waals surface area contributed by atoms with Gasteiger partial charge in [-0.2, -0.15) is 0 Å². The molecule has 2 N–H and O–H groups in total. The van der Waals surface area contributed by atoms with Gasteiger partial charge in [-0.3, -0.25) is 0 Å². The van der Waals surface area contributed by atoms with E-state index in [9.17, 15) is 19.5 Å². The molecule has 0 aromatic carbocycles. The fourth-order valence-electron chi connectivity index (χ4n) is 2.59. The Morgan fingerprint density at radius 3 is 2.47 bits per heavy atom. The third-order valence-corrected chi connectivity index (χ3v) is 3.95. The van der Waals surface area contributed by atoms with Crippen molar-refractivity contribution in [3.63, 3.8) is 0 Å². The van der Waals surface area contributed by atoms with E-state index in [1.807, 2.05) is 0 Å². The van der Waals surface area contributed by atoms with Crippen LogP contribution in [-0.4, -0.2) is 53.2 Å². The molecule has 1 aliphatic carbocycles. The summed E-state index contributed by atoms with van der Waals surface area (Å²) >= 11 is 0. The second-order valence-electron chi connectivity index (χ2n) is 5.05. The molecular weight excluding hydrogens is 252 g/mol. The second kappa shape index (κ2) is 5.07. The highest BCUT2D eigenvalue weighted by Crippen LogP contribution is 2.32. The summed E-state index contributed by atoms with van der Waals surface area (Å²) in [5.41, 5.74) is -1.15. The van der Waals surface area contributed by atoms with Crippen molar-refractivity contribution in [2.75, 3.05) is 13.7 Å². The Balaban J connectivity index is 2.03. The zero-order chi connectivity index (χ0) is 14.0. The van der Waals surface area contributed by atoms with E-state index < -0.39 is 29.6 Å². The zero-order valence-electron chi connectivity index (χ0n) is 10.8. The number of rotatable bonds is 3. The normalized spacial score (nSPS) is 24.5. The Morgan fingerprint density at radius 1 is 1.32 bits per heavy atom. The summed E-state index contributed by atoms with van der Waals surface area (Å²) < 4.78 is 4.66. The molecule has 1 unspecified atom stereocenters. The number of amides is 2. The van der Waals surface area contributed by atoms with Gasteiger partial charge in [0.05, 0.1) is 7.11 Å². The highest BCUT2D eigenvalue weighted by atomic mass is 16.5. The molecule has 106 valence electrons. The number of carbonyl (C=O) groups excluding carboxylic acids is 2. The molecule has 1 saturated carbocycles. The van der Waals surface area contributed by atoms with Crippen LogP contribution in [0.15, 0.2) is 0 Å². The van der Waals surface area contributed by atoms with Crippen LogP contribution in [0.1, 0.15) is 32.1 Å². The summed E-state index contributed by atoms with van der Waals surface area (Å²) in [6.45, 7) is 0.446. The zero-order valence-corrected chi connectivity index (χ0v) is 10.8. The second-order valence-corrected chi connectivity index (χ2v) is 5.05. The SMILES string of the molecule is COC(=O)C1CCCN1C(=O)NC1(C(=O)O)CCC1. The number of nitrogens with zero attached hydrogens (tertiary/aromatic N) is 1. The van der Waals surface area contributed by atoms with Crippen molar-refractivity contribution < 1.29 is 24.2 Å². The average Bonchev–Trinajstić information content (AvgIpc) is 2.81. The number of carbonyl (C=O) groups is 3. The molecule has 2 amide bonds. The number of aliphatic carboxylic acids is 1. The highest BCUT2D eigenvalue weighted by molar-refractivity contribution is 5.89. The third-order valence-electron chi connectivity index (χ3n) is 3.95. The maximum atomic E-state index is 12.1. The van der Waals surface area contributed by atoms with E-state index in [4.69, 9.17) is 0 Å². The van der Waals surface area contributed by atoms with Gasteiger partial charge in [-0.15, -0.1) is 0 Å². The quantitative estimate of drug-likeness (QED) is 0.721. The minimum atomic E-state index is -1.15. The number of methoxy groups -OCH3 is 1. The first-order valence-electron chi connectivity index (χ1n) is 6.40. The van der Waals surface area contributed by atoms with Crippen LogP contribution >= 0.6 is 0 Å². The third kappa shape index (κ3) is 2.36. The smallest absolute Gasteiger partial charge is 0.329 e. The van der Waals surface area contributed by atoms with Crippen LogP contribution in [-0.2, 0) is 14.3 Å². The van der Waals surface area contributed by atoms with Crippen LogP contribution < -0.4 is 5.32 Å². The Bertz CT molecular complexity index is 405. The number of carboxylic acids is 1. The first kappa shape index (κ1) is 13.6. The molecule has 7 heteroatoms. The number of ether oxygens (including phenoxy) is 1. The van der Waals surface area contributed by atoms with Crippen LogP contribution in [0.25, 0.3) is 0 Å². The van der Waals surface area contributed by atoms with Gasteiger partial charge in [0.25, 0.3) is 0 Å². The molecule has 0 aromatic rings. The van der Waals surface area contributed by atoms with Crippen molar-refractivity contribution in [1.82, 2.24) is 10.2 Å². The molecule has 1 heterocycles. The van der Waals surface area contributed by atoms with Crippen LogP contribution in [0.2, 0.25) is 0 Å². The molecule has 7 nitrogen and oxygen atoms in total. The average molecular weight is 270 g/mol. The van der Waals surface area contributed by atoms with Crippen LogP contribution in [0, 0.1) is 0 Å². The van der Waals surface area contributed by atoms with Gasteiger partial charge in [-0.05, 0) is 32.1 Å². The summed E-state index contributed by atoms with van der Waals surface area (Å²) in [5, 5.41) is 11.7. The van der Waals surface area contributed by atoms with Gasteiger partial charge in [0, 0.05) is 6.54 Å². The molecule has 2 fully saturated rings. The van der Waals surface area contributed by atoms with Crippen molar-refractivity contribution in [2.24, 2.45) is 0 Å². The van der Waals surface area contributed by atoms with E-state index in [1.54, 1.807) is 0 Å². The van der Waals surface area contributed by atoms with E-state index >= 15 is 0 Å². The maximum absolute atomic E-state index is 12.1. The monoisotopic (exact) mass is 270 g/mol. The van der Waals surface area contributed by atoms with E-state index in [2.05, 4.69) is 10.1 Å². The number of hydrogen-bond acceptors (Lipinski definition) is 4. The van der Waals surface area contributed by atoms with Gasteiger partial charge in [-0.25, -0.2) is 14.4 Å². The fourth-order valence-corrected chi connectivity index (χ4v) is 2.59. The first-order valence-corrected chi connectivity index (χ1v) is 6.40. The van der Waals surface area contributed by atoms with Gasteiger partial charge in [0.2, 0.25) is 0 Å². The van der Waals surface area contributed by atoms with E-state index in [-0.39, 0.29) is 0 Å². The van der Waals surface area contributed by atoms with Gasteiger partial charge in [-0.1, -0.05) is 0 Å². The lowest BCUT2D eigenvalue weighted by atomic mass is 9.77. The van der Waals surface area contributed by atoms with E-state index in [0.29, 0.717) is 32.2 Å². The Hall–Kier alpha value is -1.79. The summed E-state index contributed by atoms with van der Waals surface area (Å²) in [5.74, 6) is -1.47. The summed E-state index contributed by atoms with van der Waals surface area (Å²) in [7, 11) is 1.28. The molecule has 0 bridgehead atoms. The molecule has 1 aliphatic heterocycles. The van der Waals surface area contributed by atoms with Crippen molar-refractivity contribution in [3.05, 3.63) is 0 Å². The predicted octanol–water partition coefficient (Wildman–Crippen LogP) is 0.341. The lowest BCUT2D eigenvalue weighted by Gasteiger charge is -2.39. The minimum absolute atomic E-state index is 0.435. The number of urea groups is 1. The number of esters is 1. The molecule has 0 radical (unpaired) electrons. The van der Waals surface area contributed by atoms with Crippen molar-refractivity contribution in [2.45, 2.75) is 43.7 Å². The standard InChI is InChI=1S/C12H18N2O5/c1-19-9(15)8-4-2-7-14(8)11(18)13-12(10(16)17)5-3-6-12/h8H,2-7H2,1H3,(H,13,18)(H,16,17). The number of likely N-dealkylation sites (tertiary alicyclic amines) is 1. The lowest BCUT2D eigenvalue weighted by Crippen LogP contribution is -2.62. The minimum Gasteiger partial charge on any atom is -0.480 e. The molecular formula is C12H18N2O5. The number of carboxylic acid groups (broad SMARTS) is 1. The Morgan fingerprint density at radius 2 is 2.00 bits per heavy atom. The lowest BCUT2D eigenvalue weighted by molar-refractivity contribution is -0.148. The largest absolute Gasteiger partial charge is 0.480 e. The first-order chi connectivity index (χ1) is 9.00. The number of nitrogens with one attached hydrogen (secondary N) is 1. The summed E-state index contributed by atoms with van der Waals surface area (Å²) in [6.07, 6.45) is 2.93. The molecule has 2 aliphatic rings. The molecule has 1 saturated heterocycles. The summed E-state index contributed by atoms with van der Waals surface area (Å²) in [6, 6.07) is -1.09. The molecule has 0 aromatic heterocycles. The van der Waals surface area contributed by atoms with Gasteiger partial charge in [0.1, 0.15) is 11.6 Å². The summed E-state index contributed by atoms with van der Waals surface area (Å²) in [4.78, 5) is 36.3. The van der Waals surface area contributed by atoms with E-state index in [1.165, 1.54) is 12.0 Å². The highest BCUT2D eigenvalue weighted by Gasteiger charge is 2.47. The Labute approximate surface area is 110 Å². The van der Waals surface area contributed by atoms with Gasteiger partial charge < -0.3 is 20.1 Å². The molecule has 19 heavy (non-hydrogen) atoms. The topological polar surface area (TPSA) is 95.9 Å². The molecule has 2 rings (SSSR count). The molecule has 0 spiro atoms. The van der Waals surface area contributed by atoms with Crippen LogP contribution in [0.4, 0.5) is 4.79 Å². The van der Waals surface area contributed by atoms with Crippen molar-refractivity contribution in [1.29, 1.82) is 0 Å². The predicted molar refractivity (Wildman–Crippen MR) is 64.5 cm³/mol. The van der Waals surface area contributed by atoms with Crippen molar-refractivity contribution >= 4 is 18.0 Å². The van der Waals surface area contributed by atoms with Gasteiger partial charge >= 0.3 is 18.0 Å². The van der Waals surface area contributed by atoms with E-state index in [0.717, 1.165) is 6.42 Å². The fraction of sp³-hybridized carbons (Fsp3) is 0.750. The van der Waals surface area contributed by atoms with Crippen LogP contribution in [0.5, 0.6) is 0 Å². The number of hydrogen-bond donors (Lipinski definition) is 2. The molecule has 1 atom stereocenters. The maximum Gasteiger partial charge on any atom is 0.329 e. The van der Waals surface area contributed by atoms with Crippen molar-refractivity contribution in [3.8, 4) is 0 Å². The van der Waals surface area contributed by atoms with Crippen LogP contribution in [0.3, 0.4) is 0 Å². The Kier molecular flexibility index (Phi) is 3.64. The van der Waals surface area contributed by atoms with Gasteiger partial charge in [0.15, 0.2) is 0 Å².